The summed E-state index contributed by atoms with van der Waals surface area (Å²) in [5.41, 5.74) is 1.71. The van der Waals surface area contributed by atoms with Gasteiger partial charge in [-0.15, -0.1) is 0 Å². The van der Waals surface area contributed by atoms with Crippen LogP contribution in [-0.2, 0) is 9.53 Å². The van der Waals surface area contributed by atoms with Crippen LogP contribution in [0.2, 0.25) is 0 Å². The van der Waals surface area contributed by atoms with E-state index in [1.807, 2.05) is 27.7 Å². The summed E-state index contributed by atoms with van der Waals surface area (Å²) in [6, 6.07) is 0. The molecule has 0 radical (unpaired) electrons. The number of allylic oxidation sites excluding steroid dienone is 1. The third kappa shape index (κ3) is 1.10. The van der Waals surface area contributed by atoms with Gasteiger partial charge in [-0.1, -0.05) is 0 Å². The Morgan fingerprint density at radius 1 is 1.36 bits per heavy atom. The Kier molecular flexibility index (Phi) is 1.65. The first-order valence-corrected chi connectivity index (χ1v) is 3.61. The van der Waals surface area contributed by atoms with Gasteiger partial charge < -0.3 is 4.74 Å². The van der Waals surface area contributed by atoms with Crippen molar-refractivity contribution in [3.05, 3.63) is 16.9 Å². The summed E-state index contributed by atoms with van der Waals surface area (Å²) in [7, 11) is 0. The molecule has 0 fully saturated rings. The van der Waals surface area contributed by atoms with Crippen LogP contribution in [-0.4, -0.2) is 11.5 Å². The van der Waals surface area contributed by atoms with Crippen LogP contribution in [0.1, 0.15) is 27.7 Å². The van der Waals surface area contributed by atoms with E-state index in [1.54, 1.807) is 5.94 Å². The molecule has 0 saturated carbocycles. The molecule has 1 aliphatic heterocycles. The second kappa shape index (κ2) is 2.24. The molecular formula is C9H12O2. The Balaban J connectivity index is 3.18. The van der Waals surface area contributed by atoms with E-state index >= 15 is 0 Å². The van der Waals surface area contributed by atoms with E-state index in [-0.39, 0.29) is 5.60 Å². The molecular weight excluding hydrogens is 140 g/mol. The minimum atomic E-state index is -0.323. The molecule has 0 aliphatic carbocycles. The van der Waals surface area contributed by atoms with Gasteiger partial charge in [-0.05, 0) is 33.3 Å². The van der Waals surface area contributed by atoms with E-state index in [1.165, 1.54) is 0 Å². The Bertz CT molecular complexity index is 265. The van der Waals surface area contributed by atoms with Gasteiger partial charge in [-0.2, -0.15) is 0 Å². The fourth-order valence-corrected chi connectivity index (χ4v) is 1.13. The third-order valence-corrected chi connectivity index (χ3v) is 2.26. The molecule has 2 heteroatoms. The SMILES string of the molecule is CC1=C(C)C(C)(C)OC1=C=O. The summed E-state index contributed by atoms with van der Waals surface area (Å²) in [5, 5.41) is 0. The zero-order valence-electron chi connectivity index (χ0n) is 7.32. The van der Waals surface area contributed by atoms with Crippen LogP contribution < -0.4 is 0 Å². The molecule has 1 aliphatic rings. The fraction of sp³-hybridized carbons (Fsp3) is 0.556. The highest BCUT2D eigenvalue weighted by molar-refractivity contribution is 5.61. The van der Waals surface area contributed by atoms with Gasteiger partial charge in [0.05, 0.1) is 0 Å². The second-order valence-corrected chi connectivity index (χ2v) is 3.29. The van der Waals surface area contributed by atoms with E-state index in [0.717, 1.165) is 11.1 Å². The molecule has 0 saturated heterocycles. The Morgan fingerprint density at radius 2 is 1.91 bits per heavy atom. The van der Waals surface area contributed by atoms with E-state index in [4.69, 9.17) is 4.74 Å². The molecule has 0 aromatic carbocycles. The van der Waals surface area contributed by atoms with Gasteiger partial charge in [0.25, 0.3) is 0 Å². The summed E-state index contributed by atoms with van der Waals surface area (Å²) in [5.74, 6) is 2.14. The average molecular weight is 152 g/mol. The number of ether oxygens (including phenoxy) is 1. The van der Waals surface area contributed by atoms with Crippen molar-refractivity contribution in [3.63, 3.8) is 0 Å². The maximum atomic E-state index is 10.3. The molecule has 0 aromatic rings. The summed E-state index contributed by atoms with van der Waals surface area (Å²) < 4.78 is 5.34. The van der Waals surface area contributed by atoms with Gasteiger partial charge in [0.2, 0.25) is 5.76 Å². The molecule has 2 nitrogen and oxygen atoms in total. The summed E-state index contributed by atoms with van der Waals surface area (Å²) in [6.07, 6.45) is 0. The van der Waals surface area contributed by atoms with Gasteiger partial charge in [0, 0.05) is 5.57 Å². The van der Waals surface area contributed by atoms with Crippen LogP contribution in [0.3, 0.4) is 0 Å². The van der Waals surface area contributed by atoms with Crippen LogP contribution in [0.15, 0.2) is 16.9 Å². The first kappa shape index (κ1) is 8.09. The second-order valence-electron chi connectivity index (χ2n) is 3.29. The lowest BCUT2D eigenvalue weighted by Gasteiger charge is -2.19. The Labute approximate surface area is 66.5 Å². The molecule has 0 bridgehead atoms. The van der Waals surface area contributed by atoms with Crippen molar-refractivity contribution in [3.8, 4) is 0 Å². The summed E-state index contributed by atoms with van der Waals surface area (Å²) in [6.45, 7) is 7.73. The van der Waals surface area contributed by atoms with Crippen molar-refractivity contribution >= 4 is 5.94 Å². The van der Waals surface area contributed by atoms with Crippen LogP contribution in [0.5, 0.6) is 0 Å². The smallest absolute Gasteiger partial charge is 0.207 e. The molecule has 0 N–H and O–H groups in total. The normalized spacial score (nSPS) is 21.6. The number of hydrogen-bond donors (Lipinski definition) is 0. The Morgan fingerprint density at radius 3 is 2.09 bits per heavy atom. The van der Waals surface area contributed by atoms with E-state index in [2.05, 4.69) is 0 Å². The highest BCUT2D eigenvalue weighted by Crippen LogP contribution is 2.35. The van der Waals surface area contributed by atoms with Gasteiger partial charge in [-0.3, -0.25) is 0 Å². The van der Waals surface area contributed by atoms with E-state index < -0.39 is 0 Å². The topological polar surface area (TPSA) is 26.3 Å². The predicted octanol–water partition coefficient (Wildman–Crippen LogP) is 1.85. The van der Waals surface area contributed by atoms with Crippen LogP contribution in [0.4, 0.5) is 0 Å². The van der Waals surface area contributed by atoms with E-state index in [9.17, 15) is 4.79 Å². The molecule has 0 spiro atoms. The quantitative estimate of drug-likeness (QED) is 0.495. The molecule has 1 rings (SSSR count). The predicted molar refractivity (Wildman–Crippen MR) is 42.7 cm³/mol. The molecule has 0 amide bonds. The lowest BCUT2D eigenvalue weighted by Crippen LogP contribution is -2.19. The standard InChI is InChI=1S/C9H12O2/c1-6-7(2)9(3,4)11-8(6)5-10/h1-4H3. The minimum absolute atomic E-state index is 0.323. The molecule has 0 aromatic heterocycles. The lowest BCUT2D eigenvalue weighted by atomic mass is 9.98. The molecule has 11 heavy (non-hydrogen) atoms. The summed E-state index contributed by atoms with van der Waals surface area (Å²) >= 11 is 0. The zero-order valence-corrected chi connectivity index (χ0v) is 7.32. The average Bonchev–Trinajstić information content (AvgIpc) is 2.13. The van der Waals surface area contributed by atoms with Crippen molar-refractivity contribution in [1.82, 2.24) is 0 Å². The molecule has 60 valence electrons. The maximum Gasteiger partial charge on any atom is 0.207 e. The molecule has 0 atom stereocenters. The summed E-state index contributed by atoms with van der Waals surface area (Å²) in [4.78, 5) is 10.3. The molecule has 1 heterocycles. The number of carbonyl (C=O) groups excluding carboxylic acids is 1. The number of hydrogen-bond acceptors (Lipinski definition) is 2. The maximum absolute atomic E-state index is 10.3. The van der Waals surface area contributed by atoms with Crippen LogP contribution >= 0.6 is 0 Å². The van der Waals surface area contributed by atoms with Crippen molar-refractivity contribution in [2.75, 3.05) is 0 Å². The van der Waals surface area contributed by atoms with Crippen molar-refractivity contribution < 1.29 is 9.53 Å². The van der Waals surface area contributed by atoms with Gasteiger partial charge in [-0.25, -0.2) is 4.79 Å². The highest BCUT2D eigenvalue weighted by Gasteiger charge is 2.33. The van der Waals surface area contributed by atoms with Crippen molar-refractivity contribution in [1.29, 1.82) is 0 Å². The van der Waals surface area contributed by atoms with Crippen LogP contribution in [0.25, 0.3) is 0 Å². The monoisotopic (exact) mass is 152 g/mol. The largest absolute Gasteiger partial charge is 0.473 e. The van der Waals surface area contributed by atoms with Gasteiger partial charge in [0.15, 0.2) is 5.94 Å². The third-order valence-electron chi connectivity index (χ3n) is 2.26. The molecule has 0 unspecified atom stereocenters. The van der Waals surface area contributed by atoms with E-state index in [0.29, 0.717) is 5.76 Å². The first-order chi connectivity index (χ1) is 4.99. The minimum Gasteiger partial charge on any atom is -0.473 e. The first-order valence-electron chi connectivity index (χ1n) is 3.61. The van der Waals surface area contributed by atoms with Crippen molar-refractivity contribution in [2.45, 2.75) is 33.3 Å². The fourth-order valence-electron chi connectivity index (χ4n) is 1.13. The van der Waals surface area contributed by atoms with Gasteiger partial charge in [0.1, 0.15) is 5.60 Å². The van der Waals surface area contributed by atoms with Gasteiger partial charge >= 0.3 is 0 Å². The van der Waals surface area contributed by atoms with Crippen molar-refractivity contribution in [2.24, 2.45) is 0 Å². The van der Waals surface area contributed by atoms with Crippen LogP contribution in [0, 0.1) is 0 Å². The zero-order chi connectivity index (χ0) is 8.65. The number of rotatable bonds is 0. The highest BCUT2D eigenvalue weighted by atomic mass is 16.5. The Hall–Kier alpha value is -1.01. The lowest BCUT2D eigenvalue weighted by molar-refractivity contribution is 0.0955.